The fourth-order valence-electron chi connectivity index (χ4n) is 1.91. The van der Waals surface area contributed by atoms with Crippen LogP contribution in [0.4, 0.5) is 0 Å². The minimum atomic E-state index is -0.860. The summed E-state index contributed by atoms with van der Waals surface area (Å²) in [4.78, 5) is 19.2. The molecule has 0 bridgehead atoms. The second-order valence-corrected chi connectivity index (χ2v) is 5.09. The number of rotatable bonds is 4. The van der Waals surface area contributed by atoms with Crippen LogP contribution in [0, 0.1) is 0 Å². The van der Waals surface area contributed by atoms with Gasteiger partial charge in [0.2, 0.25) is 0 Å². The zero-order chi connectivity index (χ0) is 13.9. The van der Waals surface area contributed by atoms with E-state index in [1.54, 1.807) is 18.6 Å². The summed E-state index contributed by atoms with van der Waals surface area (Å²) >= 11 is 1.19. The molecule has 0 aliphatic heterocycles. The van der Waals surface area contributed by atoms with Crippen molar-refractivity contribution < 1.29 is 9.90 Å². The van der Waals surface area contributed by atoms with Gasteiger partial charge in [0, 0.05) is 17.8 Å². The molecule has 0 aliphatic carbocycles. The number of benzene rings is 1. The largest absolute Gasteiger partial charge is 0.481 e. The highest BCUT2D eigenvalue weighted by atomic mass is 32.2. The third-order valence-electron chi connectivity index (χ3n) is 2.79. The number of aliphatic carboxylic acids is 1. The van der Waals surface area contributed by atoms with Crippen LogP contribution in [0.25, 0.3) is 16.6 Å². The van der Waals surface area contributed by atoms with E-state index >= 15 is 0 Å². The van der Waals surface area contributed by atoms with E-state index in [1.807, 2.05) is 34.9 Å². The van der Waals surface area contributed by atoms with Gasteiger partial charge in [0.15, 0.2) is 5.16 Å². The van der Waals surface area contributed by atoms with Gasteiger partial charge in [-0.15, -0.1) is 0 Å². The van der Waals surface area contributed by atoms with Crippen molar-refractivity contribution in [3.63, 3.8) is 0 Å². The monoisotopic (exact) mass is 285 g/mol. The fourth-order valence-corrected chi connectivity index (χ4v) is 2.60. The summed E-state index contributed by atoms with van der Waals surface area (Å²) in [6, 6.07) is 9.86. The standard InChI is InChI=1S/C14H11N3O2S/c18-13(19)9-20-14-15-5-6-17(14)11-7-10-3-1-2-4-12(10)16-8-11/h1-8H,9H2,(H,18,19). The molecule has 2 heterocycles. The number of carbonyl (C=O) groups is 1. The molecule has 0 unspecified atom stereocenters. The smallest absolute Gasteiger partial charge is 0.313 e. The lowest BCUT2D eigenvalue weighted by atomic mass is 10.2. The van der Waals surface area contributed by atoms with Crippen molar-refractivity contribution in [3.8, 4) is 5.69 Å². The molecular weight excluding hydrogens is 274 g/mol. The van der Waals surface area contributed by atoms with Gasteiger partial charge in [0.25, 0.3) is 0 Å². The summed E-state index contributed by atoms with van der Waals surface area (Å²) in [5, 5.41) is 10.4. The highest BCUT2D eigenvalue weighted by molar-refractivity contribution is 7.99. The number of thioether (sulfide) groups is 1. The molecule has 6 heteroatoms. The van der Waals surface area contributed by atoms with Crippen molar-refractivity contribution in [2.45, 2.75) is 5.16 Å². The average Bonchev–Trinajstić information content (AvgIpc) is 2.93. The van der Waals surface area contributed by atoms with Gasteiger partial charge in [0.1, 0.15) is 0 Å². The van der Waals surface area contributed by atoms with Crippen LogP contribution in [0.3, 0.4) is 0 Å². The number of para-hydroxylation sites is 1. The number of pyridine rings is 1. The molecule has 20 heavy (non-hydrogen) atoms. The Morgan fingerprint density at radius 2 is 2.15 bits per heavy atom. The molecule has 1 aromatic carbocycles. The first kappa shape index (κ1) is 12.7. The first-order valence-corrected chi connectivity index (χ1v) is 6.96. The van der Waals surface area contributed by atoms with Crippen molar-refractivity contribution >= 4 is 28.6 Å². The van der Waals surface area contributed by atoms with Gasteiger partial charge < -0.3 is 5.11 Å². The van der Waals surface area contributed by atoms with Crippen LogP contribution in [0.15, 0.2) is 54.1 Å². The Morgan fingerprint density at radius 1 is 1.30 bits per heavy atom. The second kappa shape index (κ2) is 5.34. The molecule has 0 saturated carbocycles. The molecule has 2 aromatic heterocycles. The maximum atomic E-state index is 10.6. The zero-order valence-electron chi connectivity index (χ0n) is 10.4. The third-order valence-corrected chi connectivity index (χ3v) is 3.74. The molecule has 0 atom stereocenters. The second-order valence-electron chi connectivity index (χ2n) is 4.15. The topological polar surface area (TPSA) is 68.0 Å². The van der Waals surface area contributed by atoms with Crippen molar-refractivity contribution in [2.24, 2.45) is 0 Å². The van der Waals surface area contributed by atoms with Crippen LogP contribution in [0.5, 0.6) is 0 Å². The number of imidazole rings is 1. The number of hydrogen-bond donors (Lipinski definition) is 1. The number of aromatic nitrogens is 3. The lowest BCUT2D eigenvalue weighted by molar-refractivity contribution is -0.133. The van der Waals surface area contributed by atoms with E-state index in [4.69, 9.17) is 5.11 Å². The molecule has 3 rings (SSSR count). The van der Waals surface area contributed by atoms with Crippen LogP contribution in [-0.4, -0.2) is 31.4 Å². The molecule has 0 spiro atoms. The molecule has 1 N–H and O–H groups in total. The van der Waals surface area contributed by atoms with E-state index < -0.39 is 5.97 Å². The van der Waals surface area contributed by atoms with E-state index in [0.717, 1.165) is 16.6 Å². The zero-order valence-corrected chi connectivity index (χ0v) is 11.2. The highest BCUT2D eigenvalue weighted by Gasteiger charge is 2.08. The lowest BCUT2D eigenvalue weighted by Gasteiger charge is -2.07. The van der Waals surface area contributed by atoms with Crippen molar-refractivity contribution in [1.29, 1.82) is 0 Å². The first-order chi connectivity index (χ1) is 9.74. The fraction of sp³-hybridized carbons (Fsp3) is 0.0714. The minimum absolute atomic E-state index is 0.0159. The third kappa shape index (κ3) is 2.50. The van der Waals surface area contributed by atoms with Crippen molar-refractivity contribution in [1.82, 2.24) is 14.5 Å². The van der Waals surface area contributed by atoms with E-state index in [1.165, 1.54) is 11.8 Å². The average molecular weight is 285 g/mol. The van der Waals surface area contributed by atoms with Crippen LogP contribution >= 0.6 is 11.8 Å². The number of hydrogen-bond acceptors (Lipinski definition) is 4. The summed E-state index contributed by atoms with van der Waals surface area (Å²) < 4.78 is 1.84. The SMILES string of the molecule is O=C(O)CSc1nccn1-c1cnc2ccccc2c1. The van der Waals surface area contributed by atoms with Gasteiger partial charge in [-0.05, 0) is 12.1 Å². The van der Waals surface area contributed by atoms with E-state index in [9.17, 15) is 4.79 Å². The molecule has 0 saturated heterocycles. The quantitative estimate of drug-likeness (QED) is 0.746. The molecular formula is C14H11N3O2S. The molecule has 0 amide bonds. The number of carboxylic acids is 1. The van der Waals surface area contributed by atoms with Gasteiger partial charge in [-0.1, -0.05) is 30.0 Å². The normalized spacial score (nSPS) is 10.8. The molecule has 3 aromatic rings. The van der Waals surface area contributed by atoms with Crippen LogP contribution in [-0.2, 0) is 4.79 Å². The predicted octanol–water partition coefficient (Wildman–Crippen LogP) is 2.60. The van der Waals surface area contributed by atoms with Gasteiger partial charge in [-0.2, -0.15) is 0 Å². The predicted molar refractivity (Wildman–Crippen MR) is 77.2 cm³/mol. The number of fused-ring (bicyclic) bond motifs is 1. The summed E-state index contributed by atoms with van der Waals surface area (Å²) in [6.45, 7) is 0. The number of nitrogens with zero attached hydrogens (tertiary/aromatic N) is 3. The van der Waals surface area contributed by atoms with Crippen LogP contribution in [0.1, 0.15) is 0 Å². The van der Waals surface area contributed by atoms with Gasteiger partial charge in [0.05, 0.1) is 23.2 Å². The van der Waals surface area contributed by atoms with E-state index in [2.05, 4.69) is 9.97 Å². The Labute approximate surface area is 119 Å². The van der Waals surface area contributed by atoms with Gasteiger partial charge >= 0.3 is 5.97 Å². The number of carboxylic acid groups (broad SMARTS) is 1. The Hall–Kier alpha value is -2.34. The van der Waals surface area contributed by atoms with Gasteiger partial charge in [-0.25, -0.2) is 4.98 Å². The van der Waals surface area contributed by atoms with Crippen molar-refractivity contribution in [3.05, 3.63) is 48.9 Å². The van der Waals surface area contributed by atoms with Crippen LogP contribution in [0.2, 0.25) is 0 Å². The maximum absolute atomic E-state index is 10.6. The Morgan fingerprint density at radius 3 is 3.00 bits per heavy atom. The first-order valence-electron chi connectivity index (χ1n) is 5.97. The maximum Gasteiger partial charge on any atom is 0.313 e. The Bertz CT molecular complexity index is 770. The van der Waals surface area contributed by atoms with E-state index in [-0.39, 0.29) is 5.75 Å². The highest BCUT2D eigenvalue weighted by Crippen LogP contribution is 2.22. The minimum Gasteiger partial charge on any atom is -0.481 e. The summed E-state index contributed by atoms with van der Waals surface area (Å²) in [7, 11) is 0. The van der Waals surface area contributed by atoms with Crippen LogP contribution < -0.4 is 0 Å². The molecule has 5 nitrogen and oxygen atoms in total. The summed E-state index contributed by atoms with van der Waals surface area (Å²) in [5.41, 5.74) is 1.80. The Kier molecular flexibility index (Phi) is 3.39. The Balaban J connectivity index is 1.98. The van der Waals surface area contributed by atoms with E-state index in [0.29, 0.717) is 5.16 Å². The van der Waals surface area contributed by atoms with Crippen molar-refractivity contribution in [2.75, 3.05) is 5.75 Å². The summed E-state index contributed by atoms with van der Waals surface area (Å²) in [6.07, 6.45) is 5.21. The molecule has 0 radical (unpaired) electrons. The van der Waals surface area contributed by atoms with Gasteiger partial charge in [-0.3, -0.25) is 14.3 Å². The summed E-state index contributed by atoms with van der Waals surface area (Å²) in [5.74, 6) is -0.876. The molecule has 0 fully saturated rings. The molecule has 0 aliphatic rings. The lowest BCUT2D eigenvalue weighted by Crippen LogP contribution is -2.01. The molecule has 100 valence electrons.